The average molecular weight is 195 g/mol. The second-order valence-corrected chi connectivity index (χ2v) is 3.40. The summed E-state index contributed by atoms with van der Waals surface area (Å²) in [5.41, 5.74) is 0. The van der Waals surface area contributed by atoms with Crippen LogP contribution in [0.3, 0.4) is 0 Å². The molecule has 1 aliphatic rings. The summed E-state index contributed by atoms with van der Waals surface area (Å²) in [6.07, 6.45) is 7.87. The third kappa shape index (κ3) is 2.74. The molecule has 3 heteroatoms. The van der Waals surface area contributed by atoms with Crippen molar-refractivity contribution in [3.63, 3.8) is 0 Å². The molecule has 0 N–H and O–H groups in total. The molecule has 1 fully saturated rings. The summed E-state index contributed by atoms with van der Waals surface area (Å²) in [5, 5.41) is 0. The van der Waals surface area contributed by atoms with E-state index in [1.807, 2.05) is 6.92 Å². The maximum atomic E-state index is 11.5. The van der Waals surface area contributed by atoms with Gasteiger partial charge in [-0.1, -0.05) is 0 Å². The van der Waals surface area contributed by atoms with Crippen LogP contribution in [0.1, 0.15) is 26.2 Å². The normalized spacial score (nSPS) is 21.9. The van der Waals surface area contributed by atoms with E-state index in [4.69, 9.17) is 11.2 Å². The van der Waals surface area contributed by atoms with E-state index in [9.17, 15) is 4.79 Å². The van der Waals surface area contributed by atoms with Gasteiger partial charge >= 0.3 is 5.97 Å². The summed E-state index contributed by atoms with van der Waals surface area (Å²) < 4.78 is 5.00. The first-order chi connectivity index (χ1) is 6.79. The quantitative estimate of drug-likeness (QED) is 0.496. The van der Waals surface area contributed by atoms with E-state index in [1.54, 1.807) is 0 Å². The number of hydrogen-bond acceptors (Lipinski definition) is 3. The molecule has 0 amide bonds. The molecular weight excluding hydrogens is 178 g/mol. The average Bonchev–Trinajstić information content (AvgIpc) is 2.63. The molecule has 1 unspecified atom stereocenters. The SMILES string of the molecule is C#CCCN1CCCC1C(=O)OCC. The molecule has 14 heavy (non-hydrogen) atoms. The minimum absolute atomic E-state index is 0.0525. The van der Waals surface area contributed by atoms with E-state index < -0.39 is 0 Å². The highest BCUT2D eigenvalue weighted by Gasteiger charge is 2.30. The standard InChI is InChI=1S/C11H17NO2/c1-3-5-8-12-9-6-7-10(12)11(13)14-4-2/h1,10H,4-9H2,2H3. The number of carbonyl (C=O) groups is 1. The van der Waals surface area contributed by atoms with Crippen LogP contribution < -0.4 is 0 Å². The lowest BCUT2D eigenvalue weighted by Crippen LogP contribution is -2.37. The van der Waals surface area contributed by atoms with E-state index in [-0.39, 0.29) is 12.0 Å². The predicted octanol–water partition coefficient (Wildman–Crippen LogP) is 1.04. The molecule has 1 aliphatic heterocycles. The Kier molecular flexibility index (Phi) is 4.48. The lowest BCUT2D eigenvalue weighted by atomic mass is 10.2. The Balaban J connectivity index is 2.42. The van der Waals surface area contributed by atoms with Crippen LogP contribution in [0.5, 0.6) is 0 Å². The van der Waals surface area contributed by atoms with Crippen molar-refractivity contribution in [1.82, 2.24) is 4.90 Å². The van der Waals surface area contributed by atoms with Crippen molar-refractivity contribution in [2.24, 2.45) is 0 Å². The maximum absolute atomic E-state index is 11.5. The summed E-state index contributed by atoms with van der Waals surface area (Å²) in [6, 6.07) is -0.0525. The molecule has 1 heterocycles. The Bertz CT molecular complexity index is 232. The molecule has 0 aromatic heterocycles. The van der Waals surface area contributed by atoms with Crippen molar-refractivity contribution in [3.8, 4) is 12.3 Å². The fraction of sp³-hybridized carbons (Fsp3) is 0.727. The van der Waals surface area contributed by atoms with Crippen LogP contribution in [0.25, 0.3) is 0 Å². The van der Waals surface area contributed by atoms with Crippen molar-refractivity contribution in [2.45, 2.75) is 32.2 Å². The van der Waals surface area contributed by atoms with Crippen LogP contribution in [-0.2, 0) is 9.53 Å². The highest BCUT2D eigenvalue weighted by molar-refractivity contribution is 5.76. The van der Waals surface area contributed by atoms with Gasteiger partial charge < -0.3 is 4.74 Å². The first-order valence-corrected chi connectivity index (χ1v) is 5.13. The minimum atomic E-state index is -0.0954. The van der Waals surface area contributed by atoms with Gasteiger partial charge in [0, 0.05) is 13.0 Å². The first-order valence-electron chi connectivity index (χ1n) is 5.13. The fourth-order valence-electron chi connectivity index (χ4n) is 1.81. The Morgan fingerprint density at radius 3 is 3.14 bits per heavy atom. The minimum Gasteiger partial charge on any atom is -0.465 e. The number of likely N-dealkylation sites (tertiary alicyclic amines) is 1. The molecule has 0 bridgehead atoms. The molecule has 3 nitrogen and oxygen atoms in total. The van der Waals surface area contributed by atoms with Crippen molar-refractivity contribution >= 4 is 5.97 Å². The zero-order valence-corrected chi connectivity index (χ0v) is 8.66. The zero-order chi connectivity index (χ0) is 10.4. The van der Waals surface area contributed by atoms with Gasteiger partial charge in [0.25, 0.3) is 0 Å². The van der Waals surface area contributed by atoms with E-state index >= 15 is 0 Å². The first kappa shape index (κ1) is 11.1. The molecule has 1 rings (SSSR count). The molecule has 0 aromatic rings. The fourth-order valence-corrected chi connectivity index (χ4v) is 1.81. The molecule has 0 aromatic carbocycles. The molecule has 0 saturated carbocycles. The van der Waals surface area contributed by atoms with E-state index in [2.05, 4.69) is 10.8 Å². The molecular formula is C11H17NO2. The van der Waals surface area contributed by atoms with Crippen LogP contribution in [0, 0.1) is 12.3 Å². The Morgan fingerprint density at radius 2 is 2.50 bits per heavy atom. The Labute approximate surface area is 85.4 Å². The van der Waals surface area contributed by atoms with E-state index in [1.165, 1.54) is 0 Å². The van der Waals surface area contributed by atoms with Gasteiger partial charge in [-0.3, -0.25) is 9.69 Å². The highest BCUT2D eigenvalue weighted by atomic mass is 16.5. The van der Waals surface area contributed by atoms with Crippen molar-refractivity contribution in [3.05, 3.63) is 0 Å². The van der Waals surface area contributed by atoms with Crippen molar-refractivity contribution in [2.75, 3.05) is 19.7 Å². The Morgan fingerprint density at radius 1 is 1.71 bits per heavy atom. The second kappa shape index (κ2) is 5.66. The zero-order valence-electron chi connectivity index (χ0n) is 8.66. The smallest absolute Gasteiger partial charge is 0.323 e. The van der Waals surface area contributed by atoms with Gasteiger partial charge in [0.15, 0.2) is 0 Å². The van der Waals surface area contributed by atoms with E-state index in [0.29, 0.717) is 13.0 Å². The van der Waals surface area contributed by atoms with Gasteiger partial charge in [-0.25, -0.2) is 0 Å². The predicted molar refractivity (Wildman–Crippen MR) is 54.7 cm³/mol. The molecule has 0 spiro atoms. The molecule has 0 radical (unpaired) electrons. The molecule has 78 valence electrons. The topological polar surface area (TPSA) is 29.5 Å². The highest BCUT2D eigenvalue weighted by Crippen LogP contribution is 2.18. The van der Waals surface area contributed by atoms with Gasteiger partial charge in [0.1, 0.15) is 6.04 Å². The van der Waals surface area contributed by atoms with E-state index in [0.717, 1.165) is 25.9 Å². The van der Waals surface area contributed by atoms with Crippen LogP contribution in [0.2, 0.25) is 0 Å². The monoisotopic (exact) mass is 195 g/mol. The third-order valence-electron chi connectivity index (χ3n) is 2.47. The number of terminal acetylenes is 1. The van der Waals surface area contributed by atoms with Gasteiger partial charge in [-0.15, -0.1) is 12.3 Å². The van der Waals surface area contributed by atoms with Gasteiger partial charge in [-0.05, 0) is 26.3 Å². The maximum Gasteiger partial charge on any atom is 0.323 e. The third-order valence-corrected chi connectivity index (χ3v) is 2.47. The van der Waals surface area contributed by atoms with Crippen LogP contribution >= 0.6 is 0 Å². The van der Waals surface area contributed by atoms with Crippen molar-refractivity contribution < 1.29 is 9.53 Å². The number of hydrogen-bond donors (Lipinski definition) is 0. The molecule has 1 atom stereocenters. The number of nitrogens with zero attached hydrogens (tertiary/aromatic N) is 1. The number of esters is 1. The Hall–Kier alpha value is -1.01. The van der Waals surface area contributed by atoms with Crippen molar-refractivity contribution in [1.29, 1.82) is 0 Å². The molecule has 0 aliphatic carbocycles. The summed E-state index contributed by atoms with van der Waals surface area (Å²) in [7, 11) is 0. The summed E-state index contributed by atoms with van der Waals surface area (Å²) in [5.74, 6) is 2.50. The number of carbonyl (C=O) groups excluding carboxylic acids is 1. The van der Waals surface area contributed by atoms with Gasteiger partial charge in [0.05, 0.1) is 6.61 Å². The van der Waals surface area contributed by atoms with Gasteiger partial charge in [0.2, 0.25) is 0 Å². The summed E-state index contributed by atoms with van der Waals surface area (Å²) >= 11 is 0. The lowest BCUT2D eigenvalue weighted by molar-refractivity contribution is -0.148. The second-order valence-electron chi connectivity index (χ2n) is 3.40. The number of rotatable bonds is 4. The van der Waals surface area contributed by atoms with Crippen LogP contribution in [0.15, 0.2) is 0 Å². The summed E-state index contributed by atoms with van der Waals surface area (Å²) in [4.78, 5) is 13.6. The summed E-state index contributed by atoms with van der Waals surface area (Å²) in [6.45, 7) is 4.06. The van der Waals surface area contributed by atoms with Crippen LogP contribution in [0.4, 0.5) is 0 Å². The largest absolute Gasteiger partial charge is 0.465 e. The molecule has 1 saturated heterocycles. The lowest BCUT2D eigenvalue weighted by Gasteiger charge is -2.21. The van der Waals surface area contributed by atoms with Gasteiger partial charge in [-0.2, -0.15) is 0 Å². The number of ether oxygens (including phenoxy) is 1. The van der Waals surface area contributed by atoms with Crippen LogP contribution in [-0.4, -0.2) is 36.6 Å².